The zero-order valence-electron chi connectivity index (χ0n) is 6.43. The van der Waals surface area contributed by atoms with Crippen LogP contribution in [-0.4, -0.2) is 32.8 Å². The average Bonchev–Trinajstić information content (AvgIpc) is 2.30. The number of aryl methyl sites for hydroxylation is 1. The van der Waals surface area contributed by atoms with Crippen molar-refractivity contribution >= 4 is 18.6 Å². The van der Waals surface area contributed by atoms with Gasteiger partial charge in [0.25, 0.3) is 0 Å². The first-order valence-electron chi connectivity index (χ1n) is 3.28. The van der Waals surface area contributed by atoms with E-state index < -0.39 is 13.1 Å². The van der Waals surface area contributed by atoms with E-state index in [1.54, 1.807) is 0 Å². The zero-order valence-corrected chi connectivity index (χ0v) is 6.43. The molecule has 6 heteroatoms. The van der Waals surface area contributed by atoms with Crippen LogP contribution in [0.5, 0.6) is 0 Å². The Balaban J connectivity index is 3.09. The predicted octanol–water partition coefficient (Wildman–Crippen LogP) is -1.60. The van der Waals surface area contributed by atoms with Gasteiger partial charge in [0.1, 0.15) is 5.69 Å². The van der Waals surface area contributed by atoms with Crippen LogP contribution in [0.25, 0.3) is 0 Å². The Morgan fingerprint density at radius 3 is 2.42 bits per heavy atom. The summed E-state index contributed by atoms with van der Waals surface area (Å²) < 4.78 is 1.32. The van der Waals surface area contributed by atoms with E-state index in [2.05, 4.69) is 0 Å². The van der Waals surface area contributed by atoms with Gasteiger partial charge in [-0.1, -0.05) is 0 Å². The molecule has 3 N–H and O–H groups in total. The Labute approximate surface area is 69.0 Å². The van der Waals surface area contributed by atoms with Crippen LogP contribution in [0.15, 0.2) is 12.3 Å². The minimum Gasteiger partial charge on any atom is -0.477 e. The molecule has 64 valence electrons. The molecule has 0 saturated heterocycles. The van der Waals surface area contributed by atoms with Gasteiger partial charge in [-0.25, -0.2) is 4.79 Å². The monoisotopic (exact) mass is 169 g/mol. The topological polar surface area (TPSA) is 82.7 Å². The highest BCUT2D eigenvalue weighted by molar-refractivity contribution is 6.58. The molecule has 12 heavy (non-hydrogen) atoms. The Bertz CT molecular complexity index is 306. The molecule has 0 aliphatic rings. The smallest absolute Gasteiger partial charge is 0.477 e. The van der Waals surface area contributed by atoms with E-state index in [0.717, 1.165) is 0 Å². The fraction of sp³-hybridized carbons (Fsp3) is 0.167. The minimum atomic E-state index is -1.62. The third kappa shape index (κ3) is 1.49. The lowest BCUT2D eigenvalue weighted by Gasteiger charge is -1.93. The summed E-state index contributed by atoms with van der Waals surface area (Å²) in [5.41, 5.74) is 0.202. The van der Waals surface area contributed by atoms with Crippen LogP contribution in [0, 0.1) is 0 Å². The van der Waals surface area contributed by atoms with Crippen LogP contribution in [0.1, 0.15) is 10.5 Å². The fourth-order valence-corrected chi connectivity index (χ4v) is 0.944. The van der Waals surface area contributed by atoms with Crippen molar-refractivity contribution < 1.29 is 19.9 Å². The maximum absolute atomic E-state index is 10.5. The van der Waals surface area contributed by atoms with Gasteiger partial charge in [-0.15, -0.1) is 0 Å². The molecule has 0 aliphatic carbocycles. The maximum Gasteiger partial charge on any atom is 0.490 e. The number of aromatic nitrogens is 1. The van der Waals surface area contributed by atoms with Crippen LogP contribution in [0.3, 0.4) is 0 Å². The van der Waals surface area contributed by atoms with Crippen LogP contribution in [0.4, 0.5) is 0 Å². The van der Waals surface area contributed by atoms with Gasteiger partial charge < -0.3 is 19.7 Å². The van der Waals surface area contributed by atoms with Gasteiger partial charge >= 0.3 is 13.1 Å². The Kier molecular flexibility index (Phi) is 2.21. The zero-order chi connectivity index (χ0) is 9.30. The summed E-state index contributed by atoms with van der Waals surface area (Å²) in [6, 6.07) is 1.22. The molecule has 1 heterocycles. The molecule has 1 aromatic heterocycles. The summed E-state index contributed by atoms with van der Waals surface area (Å²) in [7, 11) is -0.0979. The summed E-state index contributed by atoms with van der Waals surface area (Å²) in [6.45, 7) is 0. The first kappa shape index (κ1) is 8.83. The second-order valence-corrected chi connectivity index (χ2v) is 2.45. The highest BCUT2D eigenvalue weighted by atomic mass is 16.4. The number of nitrogens with zero attached hydrogens (tertiary/aromatic N) is 1. The van der Waals surface area contributed by atoms with E-state index in [0.29, 0.717) is 0 Å². The van der Waals surface area contributed by atoms with Crippen LogP contribution in [-0.2, 0) is 7.05 Å². The number of rotatable bonds is 2. The molecule has 0 atom stereocenters. The summed E-state index contributed by atoms with van der Waals surface area (Å²) in [6.07, 6.45) is 1.36. The number of carbonyl (C=O) groups is 1. The van der Waals surface area contributed by atoms with E-state index >= 15 is 0 Å². The molecule has 0 saturated carbocycles. The molecule has 5 nitrogen and oxygen atoms in total. The quantitative estimate of drug-likeness (QED) is 0.465. The van der Waals surface area contributed by atoms with Gasteiger partial charge in [-0.3, -0.25) is 0 Å². The lowest BCUT2D eigenvalue weighted by Crippen LogP contribution is -2.28. The van der Waals surface area contributed by atoms with Crippen molar-refractivity contribution in [2.24, 2.45) is 7.05 Å². The molecule has 0 radical (unpaired) electrons. The number of carboxylic acid groups (broad SMARTS) is 1. The van der Waals surface area contributed by atoms with E-state index in [1.807, 2.05) is 0 Å². The van der Waals surface area contributed by atoms with Crippen molar-refractivity contribution in [1.29, 1.82) is 0 Å². The second-order valence-electron chi connectivity index (χ2n) is 2.45. The molecule has 0 spiro atoms. The molecule has 0 aliphatic heterocycles. The highest BCUT2D eigenvalue weighted by Gasteiger charge is 2.17. The molecule has 0 fully saturated rings. The van der Waals surface area contributed by atoms with Gasteiger partial charge in [0, 0.05) is 18.7 Å². The molecular formula is C6H8BNO4. The van der Waals surface area contributed by atoms with Crippen molar-refractivity contribution in [1.82, 2.24) is 4.57 Å². The molecule has 0 amide bonds. The standard InChI is InChI=1S/C6H8BNO4/c1-8-3-4(7(11)12)2-5(8)6(9)10/h2-3,11-12H,1H3,(H,9,10). The summed E-state index contributed by atoms with van der Waals surface area (Å²) in [5, 5.41) is 26.0. The number of hydrogen-bond donors (Lipinski definition) is 3. The normalized spacial score (nSPS) is 9.92. The molecule has 1 aromatic rings. The van der Waals surface area contributed by atoms with Gasteiger partial charge in [0.2, 0.25) is 0 Å². The molecule has 0 bridgehead atoms. The Morgan fingerprint density at radius 1 is 1.58 bits per heavy atom. The van der Waals surface area contributed by atoms with Crippen molar-refractivity contribution in [3.8, 4) is 0 Å². The van der Waals surface area contributed by atoms with Crippen LogP contribution >= 0.6 is 0 Å². The predicted molar refractivity (Wildman–Crippen MR) is 42.2 cm³/mol. The first-order chi connectivity index (χ1) is 5.52. The van der Waals surface area contributed by atoms with Crippen LogP contribution in [0.2, 0.25) is 0 Å². The van der Waals surface area contributed by atoms with E-state index in [-0.39, 0.29) is 11.2 Å². The minimum absolute atomic E-state index is 0.0260. The number of hydrogen-bond acceptors (Lipinski definition) is 3. The van der Waals surface area contributed by atoms with E-state index in [4.69, 9.17) is 15.2 Å². The Hall–Kier alpha value is -1.27. The molecule has 1 rings (SSSR count). The molecular weight excluding hydrogens is 161 g/mol. The first-order valence-corrected chi connectivity index (χ1v) is 3.28. The molecule has 0 aromatic carbocycles. The summed E-state index contributed by atoms with van der Waals surface area (Å²) in [5.74, 6) is -1.09. The van der Waals surface area contributed by atoms with Gasteiger partial charge in [0.15, 0.2) is 0 Å². The lowest BCUT2D eigenvalue weighted by atomic mass is 9.82. The SMILES string of the molecule is Cn1cc(B(O)O)cc1C(=O)O. The second kappa shape index (κ2) is 3.00. The highest BCUT2D eigenvalue weighted by Crippen LogP contribution is 1.97. The lowest BCUT2D eigenvalue weighted by molar-refractivity contribution is 0.0686. The van der Waals surface area contributed by atoms with Crippen molar-refractivity contribution in [3.63, 3.8) is 0 Å². The van der Waals surface area contributed by atoms with Crippen molar-refractivity contribution in [3.05, 3.63) is 18.0 Å². The van der Waals surface area contributed by atoms with Gasteiger partial charge in [0.05, 0.1) is 0 Å². The number of aromatic carboxylic acids is 1. The van der Waals surface area contributed by atoms with Crippen molar-refractivity contribution in [2.75, 3.05) is 0 Å². The summed E-state index contributed by atoms with van der Waals surface area (Å²) in [4.78, 5) is 10.5. The largest absolute Gasteiger partial charge is 0.490 e. The number of carboxylic acids is 1. The Morgan fingerprint density at radius 2 is 2.17 bits per heavy atom. The fourth-order valence-electron chi connectivity index (χ4n) is 0.944. The third-order valence-electron chi connectivity index (χ3n) is 1.54. The maximum atomic E-state index is 10.5. The van der Waals surface area contributed by atoms with Gasteiger partial charge in [-0.05, 0) is 6.07 Å². The molecule has 0 unspecified atom stereocenters. The summed E-state index contributed by atoms with van der Waals surface area (Å²) >= 11 is 0. The average molecular weight is 169 g/mol. The van der Waals surface area contributed by atoms with Crippen molar-refractivity contribution in [2.45, 2.75) is 0 Å². The third-order valence-corrected chi connectivity index (χ3v) is 1.54. The van der Waals surface area contributed by atoms with Gasteiger partial charge in [-0.2, -0.15) is 0 Å². The van der Waals surface area contributed by atoms with Crippen LogP contribution < -0.4 is 5.46 Å². The van der Waals surface area contributed by atoms with E-state index in [9.17, 15) is 4.79 Å². The van der Waals surface area contributed by atoms with E-state index in [1.165, 1.54) is 23.9 Å².